The summed E-state index contributed by atoms with van der Waals surface area (Å²) in [6, 6.07) is 1.43. The minimum atomic E-state index is -1.42. The Kier molecular flexibility index (Phi) is 3.09. The molecule has 0 saturated carbocycles. The highest BCUT2D eigenvalue weighted by Crippen LogP contribution is 2.51. The van der Waals surface area contributed by atoms with Gasteiger partial charge in [0.25, 0.3) is 0 Å². The van der Waals surface area contributed by atoms with E-state index in [1.54, 1.807) is 0 Å². The smallest absolute Gasteiger partial charge is 0.174 e. The lowest BCUT2D eigenvalue weighted by molar-refractivity contribution is -0.0263. The minimum absolute atomic E-state index is 0.0694. The Bertz CT molecular complexity index is 258. The highest BCUT2D eigenvalue weighted by Gasteiger charge is 2.58. The lowest BCUT2D eigenvalue weighted by Gasteiger charge is -2.59. The second-order valence-corrected chi connectivity index (χ2v) is 22.1. The molecule has 1 aliphatic heterocycles. The molecule has 1 nitrogen and oxygen atoms in total. The van der Waals surface area contributed by atoms with Gasteiger partial charge in [-0.1, -0.05) is 26.9 Å². The van der Waals surface area contributed by atoms with E-state index in [0.29, 0.717) is 5.41 Å². The van der Waals surface area contributed by atoms with Crippen molar-refractivity contribution in [3.63, 3.8) is 0 Å². The molecule has 0 spiro atoms. The fourth-order valence-corrected chi connectivity index (χ4v) is 11.7. The van der Waals surface area contributed by atoms with E-state index in [9.17, 15) is 0 Å². The van der Waals surface area contributed by atoms with Crippen molar-refractivity contribution in [2.24, 2.45) is 5.41 Å². The van der Waals surface area contributed by atoms with Crippen molar-refractivity contribution in [1.29, 1.82) is 0 Å². The van der Waals surface area contributed by atoms with Gasteiger partial charge in [-0.15, -0.1) is 0 Å². The molecule has 0 amide bonds. The molecule has 0 aromatic heterocycles. The van der Waals surface area contributed by atoms with Gasteiger partial charge in [0, 0.05) is 0 Å². The van der Waals surface area contributed by atoms with Gasteiger partial charge in [0.2, 0.25) is 0 Å². The molecule has 0 radical (unpaired) electrons. The van der Waals surface area contributed by atoms with Crippen LogP contribution in [0.25, 0.3) is 0 Å². The summed E-state index contributed by atoms with van der Waals surface area (Å²) in [5.74, 6) is 0. The van der Waals surface area contributed by atoms with Crippen LogP contribution in [-0.4, -0.2) is 21.0 Å². The van der Waals surface area contributed by atoms with Crippen molar-refractivity contribution < 1.29 is 4.43 Å². The fourth-order valence-electron chi connectivity index (χ4n) is 2.85. The first-order valence-corrected chi connectivity index (χ1v) is 13.3. The Morgan fingerprint density at radius 2 is 1.53 bits per heavy atom. The van der Waals surface area contributed by atoms with Crippen LogP contribution in [0, 0.1) is 5.41 Å². The standard InChI is InChI=1S/C12H28OSi2/c1-9-12(4)10-14(5,6)15(7,8)13-11(12,2)3/h9-10H2,1-8H3. The second kappa shape index (κ2) is 3.44. The molecule has 15 heavy (non-hydrogen) atoms. The van der Waals surface area contributed by atoms with Gasteiger partial charge in [-0.05, 0) is 44.8 Å². The van der Waals surface area contributed by atoms with E-state index in [0.717, 1.165) is 0 Å². The summed E-state index contributed by atoms with van der Waals surface area (Å²) in [6.07, 6.45) is 1.24. The van der Waals surface area contributed by atoms with E-state index in [1.807, 2.05) is 0 Å². The molecule has 1 fully saturated rings. The van der Waals surface area contributed by atoms with Crippen molar-refractivity contribution in [2.45, 2.75) is 71.9 Å². The fraction of sp³-hybridized carbons (Fsp3) is 1.00. The average molecular weight is 245 g/mol. The molecule has 1 heterocycles. The molecule has 1 rings (SSSR count). The molecular formula is C12H28OSi2. The van der Waals surface area contributed by atoms with E-state index in [1.165, 1.54) is 12.5 Å². The van der Waals surface area contributed by atoms with Crippen LogP contribution in [0.15, 0.2) is 0 Å². The summed E-state index contributed by atoms with van der Waals surface area (Å²) < 4.78 is 6.58. The summed E-state index contributed by atoms with van der Waals surface area (Å²) in [4.78, 5) is 0. The molecule has 0 bridgehead atoms. The number of hydrogen-bond donors (Lipinski definition) is 0. The summed E-state index contributed by atoms with van der Waals surface area (Å²) in [5.41, 5.74) is 0.450. The zero-order valence-corrected chi connectivity index (χ0v) is 13.8. The van der Waals surface area contributed by atoms with Crippen LogP contribution in [0.1, 0.15) is 34.1 Å². The predicted octanol–water partition coefficient (Wildman–Crippen LogP) is 4.20. The van der Waals surface area contributed by atoms with Crippen molar-refractivity contribution in [2.75, 3.05) is 0 Å². The Hall–Kier alpha value is 0.394. The number of rotatable bonds is 1. The molecular weight excluding hydrogens is 216 g/mol. The summed E-state index contributed by atoms with van der Waals surface area (Å²) in [5, 5.41) is 0. The largest absolute Gasteiger partial charge is 0.415 e. The highest BCUT2D eigenvalue weighted by atomic mass is 29.3. The van der Waals surface area contributed by atoms with Crippen molar-refractivity contribution in [3.05, 3.63) is 0 Å². The van der Waals surface area contributed by atoms with Gasteiger partial charge in [-0.25, -0.2) is 0 Å². The molecule has 3 heteroatoms. The maximum atomic E-state index is 6.58. The molecule has 0 aliphatic carbocycles. The monoisotopic (exact) mass is 244 g/mol. The van der Waals surface area contributed by atoms with E-state index in [2.05, 4.69) is 53.9 Å². The molecule has 90 valence electrons. The van der Waals surface area contributed by atoms with Crippen LogP contribution in [-0.2, 0) is 4.43 Å². The topological polar surface area (TPSA) is 9.23 Å². The maximum Gasteiger partial charge on any atom is 0.174 e. The van der Waals surface area contributed by atoms with Crippen LogP contribution in [0.3, 0.4) is 0 Å². The third kappa shape index (κ3) is 1.98. The van der Waals surface area contributed by atoms with Gasteiger partial charge >= 0.3 is 0 Å². The van der Waals surface area contributed by atoms with Crippen molar-refractivity contribution in [1.82, 2.24) is 0 Å². The molecule has 0 N–H and O–H groups in total. The predicted molar refractivity (Wildman–Crippen MR) is 73.3 cm³/mol. The van der Waals surface area contributed by atoms with Crippen LogP contribution in [0.2, 0.25) is 32.2 Å². The first-order valence-electron chi connectivity index (χ1n) is 6.18. The van der Waals surface area contributed by atoms with Crippen LogP contribution in [0.5, 0.6) is 0 Å². The van der Waals surface area contributed by atoms with E-state index in [4.69, 9.17) is 4.43 Å². The molecule has 0 aromatic carbocycles. The molecule has 1 aliphatic rings. The van der Waals surface area contributed by atoms with E-state index >= 15 is 0 Å². The zero-order chi connectivity index (χ0) is 12.1. The van der Waals surface area contributed by atoms with Crippen LogP contribution < -0.4 is 0 Å². The maximum absolute atomic E-state index is 6.58. The van der Waals surface area contributed by atoms with Crippen molar-refractivity contribution >= 4 is 15.4 Å². The Balaban J connectivity index is 3.11. The Morgan fingerprint density at radius 3 is 1.93 bits per heavy atom. The van der Waals surface area contributed by atoms with Crippen molar-refractivity contribution in [3.8, 4) is 0 Å². The van der Waals surface area contributed by atoms with Gasteiger partial charge < -0.3 is 4.43 Å². The van der Waals surface area contributed by atoms with Gasteiger partial charge in [-0.2, -0.15) is 0 Å². The number of hydrogen-bond acceptors (Lipinski definition) is 1. The van der Waals surface area contributed by atoms with Gasteiger partial charge in [-0.3, -0.25) is 0 Å². The summed E-state index contributed by atoms with van der Waals surface area (Å²) >= 11 is 0. The summed E-state index contributed by atoms with van der Waals surface area (Å²) in [6.45, 7) is 19.3. The van der Waals surface area contributed by atoms with Crippen LogP contribution in [0.4, 0.5) is 0 Å². The first-order chi connectivity index (χ1) is 6.47. The molecule has 1 saturated heterocycles. The normalized spacial score (nSPS) is 37.6. The third-order valence-corrected chi connectivity index (χ3v) is 21.8. The molecule has 1 unspecified atom stereocenters. The second-order valence-electron chi connectivity index (χ2n) is 7.10. The molecule has 0 aromatic rings. The first kappa shape index (κ1) is 13.5. The lowest BCUT2D eigenvalue weighted by Crippen LogP contribution is -2.69. The summed E-state index contributed by atoms with van der Waals surface area (Å²) in [7, 11) is -2.57. The molecule has 1 atom stereocenters. The van der Waals surface area contributed by atoms with Gasteiger partial charge in [0.05, 0.1) is 13.2 Å². The highest BCUT2D eigenvalue weighted by molar-refractivity contribution is 7.38. The Labute approximate surface area is 97.5 Å². The van der Waals surface area contributed by atoms with Gasteiger partial charge in [0.1, 0.15) is 0 Å². The Morgan fingerprint density at radius 1 is 1.07 bits per heavy atom. The van der Waals surface area contributed by atoms with E-state index in [-0.39, 0.29) is 5.60 Å². The minimum Gasteiger partial charge on any atom is -0.415 e. The SMILES string of the molecule is CCC1(C)C[Si](C)(C)[Si](C)(C)OC1(C)C. The third-order valence-electron chi connectivity index (χ3n) is 5.21. The average Bonchev–Trinajstić information content (AvgIpc) is 1.98. The zero-order valence-electron chi connectivity index (χ0n) is 11.8. The quantitative estimate of drug-likeness (QED) is 0.628. The van der Waals surface area contributed by atoms with E-state index < -0.39 is 15.4 Å². The van der Waals surface area contributed by atoms with Crippen LogP contribution >= 0.6 is 0 Å². The van der Waals surface area contributed by atoms with Gasteiger partial charge in [0.15, 0.2) is 7.83 Å². The lowest BCUT2D eigenvalue weighted by atomic mass is 9.75.